The Morgan fingerprint density at radius 3 is 2.67 bits per heavy atom. The van der Waals surface area contributed by atoms with E-state index in [2.05, 4.69) is 50.2 Å². The maximum Gasteiger partial charge on any atom is 0.127 e. The van der Waals surface area contributed by atoms with Crippen LogP contribution in [0.5, 0.6) is 0 Å². The van der Waals surface area contributed by atoms with Crippen molar-refractivity contribution in [1.29, 1.82) is 0 Å². The summed E-state index contributed by atoms with van der Waals surface area (Å²) >= 11 is 0. The van der Waals surface area contributed by atoms with Crippen LogP contribution in [-0.4, -0.2) is 41.1 Å². The quantitative estimate of drug-likeness (QED) is 0.914. The van der Waals surface area contributed by atoms with Gasteiger partial charge in [-0.05, 0) is 57.6 Å². The van der Waals surface area contributed by atoms with E-state index in [0.717, 1.165) is 24.8 Å². The third-order valence-electron chi connectivity index (χ3n) is 4.32. The number of benzene rings is 1. The van der Waals surface area contributed by atoms with Gasteiger partial charge in [0.2, 0.25) is 0 Å². The molecular weight excluding hydrogens is 260 g/mol. The fourth-order valence-electron chi connectivity index (χ4n) is 3.11. The molecule has 0 bridgehead atoms. The van der Waals surface area contributed by atoms with Crippen LogP contribution in [-0.2, 0) is 6.54 Å². The fourth-order valence-corrected chi connectivity index (χ4v) is 3.11. The first-order chi connectivity index (χ1) is 10.4. The summed E-state index contributed by atoms with van der Waals surface area (Å²) < 4.78 is 2.19. The molecule has 2 heterocycles. The van der Waals surface area contributed by atoms with Gasteiger partial charge in [0.15, 0.2) is 0 Å². The normalized spacial score (nSPS) is 17.2. The third kappa shape index (κ3) is 3.52. The number of hydrogen-bond acceptors (Lipinski definition) is 3. The first-order valence-electron chi connectivity index (χ1n) is 7.81. The first kappa shape index (κ1) is 14.3. The SMILES string of the molecule is CNCC1CCN(Cc2nccn2-c2ccccc2)CC1. The molecule has 0 aliphatic carbocycles. The highest BCUT2D eigenvalue weighted by atomic mass is 15.2. The van der Waals surface area contributed by atoms with Crippen molar-refractivity contribution >= 4 is 0 Å². The van der Waals surface area contributed by atoms with E-state index in [-0.39, 0.29) is 0 Å². The molecule has 2 aromatic rings. The van der Waals surface area contributed by atoms with Gasteiger partial charge in [-0.3, -0.25) is 4.90 Å². The number of para-hydroxylation sites is 1. The first-order valence-corrected chi connectivity index (χ1v) is 7.81. The number of hydrogen-bond donors (Lipinski definition) is 1. The Morgan fingerprint density at radius 2 is 1.95 bits per heavy atom. The maximum absolute atomic E-state index is 4.55. The van der Waals surface area contributed by atoms with Gasteiger partial charge < -0.3 is 9.88 Å². The second kappa shape index (κ2) is 6.87. The number of piperidine rings is 1. The molecule has 21 heavy (non-hydrogen) atoms. The average molecular weight is 284 g/mol. The van der Waals surface area contributed by atoms with E-state index in [1.54, 1.807) is 0 Å². The summed E-state index contributed by atoms with van der Waals surface area (Å²) in [5.41, 5.74) is 1.19. The van der Waals surface area contributed by atoms with E-state index in [1.165, 1.54) is 31.6 Å². The lowest BCUT2D eigenvalue weighted by Gasteiger charge is -2.31. The molecule has 0 radical (unpaired) electrons. The van der Waals surface area contributed by atoms with Gasteiger partial charge in [0.05, 0.1) is 6.54 Å². The summed E-state index contributed by atoms with van der Waals surface area (Å²) in [5.74, 6) is 1.97. The molecule has 1 aliphatic heterocycles. The van der Waals surface area contributed by atoms with Crippen LogP contribution in [0.1, 0.15) is 18.7 Å². The lowest BCUT2D eigenvalue weighted by atomic mass is 9.97. The van der Waals surface area contributed by atoms with Crippen molar-refractivity contribution in [2.24, 2.45) is 5.92 Å². The van der Waals surface area contributed by atoms with Crippen LogP contribution in [0.15, 0.2) is 42.7 Å². The van der Waals surface area contributed by atoms with E-state index in [4.69, 9.17) is 0 Å². The van der Waals surface area contributed by atoms with Crippen LogP contribution >= 0.6 is 0 Å². The summed E-state index contributed by atoms with van der Waals surface area (Å²) in [7, 11) is 2.04. The van der Waals surface area contributed by atoms with Crippen LogP contribution in [0.25, 0.3) is 5.69 Å². The largest absolute Gasteiger partial charge is 0.319 e. The topological polar surface area (TPSA) is 33.1 Å². The van der Waals surface area contributed by atoms with E-state index < -0.39 is 0 Å². The summed E-state index contributed by atoms with van der Waals surface area (Å²) in [4.78, 5) is 7.07. The third-order valence-corrected chi connectivity index (χ3v) is 4.32. The molecule has 0 spiro atoms. The Balaban J connectivity index is 1.63. The monoisotopic (exact) mass is 284 g/mol. The predicted octanol–water partition coefficient (Wildman–Crippen LogP) is 2.30. The van der Waals surface area contributed by atoms with Crippen molar-refractivity contribution in [2.75, 3.05) is 26.7 Å². The molecule has 0 unspecified atom stereocenters. The molecule has 112 valence electrons. The van der Waals surface area contributed by atoms with Gasteiger partial charge in [0, 0.05) is 18.1 Å². The molecule has 4 heteroatoms. The smallest absolute Gasteiger partial charge is 0.127 e. The minimum atomic E-state index is 0.833. The van der Waals surface area contributed by atoms with Gasteiger partial charge >= 0.3 is 0 Å². The summed E-state index contributed by atoms with van der Waals surface area (Å²) in [6.45, 7) is 4.43. The Kier molecular flexibility index (Phi) is 4.68. The number of nitrogens with zero attached hydrogens (tertiary/aromatic N) is 3. The fraction of sp³-hybridized carbons (Fsp3) is 0.471. The van der Waals surface area contributed by atoms with Crippen LogP contribution in [0.3, 0.4) is 0 Å². The van der Waals surface area contributed by atoms with Crippen LogP contribution in [0.4, 0.5) is 0 Å². The number of nitrogens with one attached hydrogen (secondary N) is 1. The molecule has 1 fully saturated rings. The van der Waals surface area contributed by atoms with Gasteiger partial charge in [0.25, 0.3) is 0 Å². The average Bonchev–Trinajstić information content (AvgIpc) is 2.98. The number of imidazole rings is 1. The zero-order valence-electron chi connectivity index (χ0n) is 12.7. The van der Waals surface area contributed by atoms with E-state index in [0.29, 0.717) is 0 Å². The molecule has 0 saturated carbocycles. The van der Waals surface area contributed by atoms with Gasteiger partial charge in [-0.15, -0.1) is 0 Å². The van der Waals surface area contributed by atoms with Crippen molar-refractivity contribution in [3.63, 3.8) is 0 Å². The van der Waals surface area contributed by atoms with Gasteiger partial charge in [-0.2, -0.15) is 0 Å². The highest BCUT2D eigenvalue weighted by molar-refractivity contribution is 5.32. The molecule has 0 atom stereocenters. The molecule has 1 aromatic carbocycles. The van der Waals surface area contributed by atoms with Gasteiger partial charge in [0.1, 0.15) is 5.82 Å². The van der Waals surface area contributed by atoms with Gasteiger partial charge in [-0.25, -0.2) is 4.98 Å². The standard InChI is InChI=1S/C17H24N4/c1-18-13-15-7-10-20(11-8-15)14-17-19-9-12-21(17)16-5-3-2-4-6-16/h2-6,9,12,15,18H,7-8,10-11,13-14H2,1H3. The maximum atomic E-state index is 4.55. The van der Waals surface area contributed by atoms with E-state index in [1.807, 2.05) is 19.3 Å². The molecule has 0 amide bonds. The van der Waals surface area contributed by atoms with Crippen LogP contribution in [0, 0.1) is 5.92 Å². The molecular formula is C17H24N4. The number of rotatable bonds is 5. The summed E-state index contributed by atoms with van der Waals surface area (Å²) in [5, 5.41) is 3.29. The Bertz CT molecular complexity index is 541. The molecule has 1 aliphatic rings. The lowest BCUT2D eigenvalue weighted by Crippen LogP contribution is -2.36. The zero-order valence-corrected chi connectivity index (χ0v) is 12.7. The van der Waals surface area contributed by atoms with E-state index in [9.17, 15) is 0 Å². The molecule has 3 rings (SSSR count). The molecule has 4 nitrogen and oxygen atoms in total. The highest BCUT2D eigenvalue weighted by Crippen LogP contribution is 2.19. The van der Waals surface area contributed by atoms with E-state index >= 15 is 0 Å². The predicted molar refractivity (Wildman–Crippen MR) is 85.5 cm³/mol. The van der Waals surface area contributed by atoms with Gasteiger partial charge in [-0.1, -0.05) is 18.2 Å². The molecule has 1 saturated heterocycles. The minimum absolute atomic E-state index is 0.833. The lowest BCUT2D eigenvalue weighted by molar-refractivity contribution is 0.172. The summed E-state index contributed by atoms with van der Waals surface area (Å²) in [6, 6.07) is 10.5. The molecule has 1 aromatic heterocycles. The zero-order chi connectivity index (χ0) is 14.5. The second-order valence-electron chi connectivity index (χ2n) is 5.83. The highest BCUT2D eigenvalue weighted by Gasteiger charge is 2.20. The second-order valence-corrected chi connectivity index (χ2v) is 5.83. The summed E-state index contributed by atoms with van der Waals surface area (Å²) in [6.07, 6.45) is 6.52. The Hall–Kier alpha value is -1.65. The number of aromatic nitrogens is 2. The van der Waals surface area contributed by atoms with Crippen molar-refractivity contribution in [2.45, 2.75) is 19.4 Å². The van der Waals surface area contributed by atoms with Crippen LogP contribution < -0.4 is 5.32 Å². The van der Waals surface area contributed by atoms with Crippen molar-refractivity contribution in [3.05, 3.63) is 48.5 Å². The Morgan fingerprint density at radius 1 is 1.19 bits per heavy atom. The van der Waals surface area contributed by atoms with Crippen molar-refractivity contribution in [3.8, 4) is 5.69 Å². The Labute approximate surface area is 126 Å². The molecule has 1 N–H and O–H groups in total. The van der Waals surface area contributed by atoms with Crippen molar-refractivity contribution < 1.29 is 0 Å². The van der Waals surface area contributed by atoms with Crippen LogP contribution in [0.2, 0.25) is 0 Å². The van der Waals surface area contributed by atoms with Crippen molar-refractivity contribution in [1.82, 2.24) is 19.8 Å². The minimum Gasteiger partial charge on any atom is -0.319 e. The number of likely N-dealkylation sites (tertiary alicyclic amines) is 1.